The Morgan fingerprint density at radius 2 is 1.80 bits per heavy atom. The fourth-order valence-corrected chi connectivity index (χ4v) is 3.30. The molecule has 20 heavy (non-hydrogen) atoms. The van der Waals surface area contributed by atoms with Crippen molar-refractivity contribution in [3.8, 4) is 0 Å². The Morgan fingerprint density at radius 3 is 2.45 bits per heavy atom. The van der Waals surface area contributed by atoms with Crippen molar-refractivity contribution in [2.24, 2.45) is 5.73 Å². The summed E-state index contributed by atoms with van der Waals surface area (Å²) in [6, 6.07) is 0. The molecule has 0 aliphatic heterocycles. The number of hydrogen-bond donors (Lipinski definition) is 2. The molecule has 1 heterocycles. The third-order valence-electron chi connectivity index (χ3n) is 4.76. The van der Waals surface area contributed by atoms with E-state index >= 15 is 0 Å². The Bertz CT molecular complexity index is 436. The van der Waals surface area contributed by atoms with Crippen LogP contribution in [0.15, 0.2) is 6.20 Å². The summed E-state index contributed by atoms with van der Waals surface area (Å²) in [6.07, 6.45) is 12.5. The zero-order valence-corrected chi connectivity index (χ0v) is 12.3. The molecule has 1 aromatic heterocycles. The van der Waals surface area contributed by atoms with Gasteiger partial charge in [0.25, 0.3) is 0 Å². The quantitative estimate of drug-likeness (QED) is 0.865. The van der Waals surface area contributed by atoms with Gasteiger partial charge in [0, 0.05) is 24.9 Å². The smallest absolute Gasteiger partial charge is 0.131 e. The molecule has 0 saturated heterocycles. The number of hydrogen-bond acceptors (Lipinski definition) is 4. The summed E-state index contributed by atoms with van der Waals surface area (Å²) in [5.74, 6) is 2.31. The maximum atomic E-state index is 5.61. The second-order valence-corrected chi connectivity index (χ2v) is 6.21. The van der Waals surface area contributed by atoms with Crippen molar-refractivity contribution in [3.05, 3.63) is 17.7 Å². The van der Waals surface area contributed by atoms with Gasteiger partial charge in [-0.15, -0.1) is 0 Å². The lowest BCUT2D eigenvalue weighted by molar-refractivity contribution is 0.394. The summed E-state index contributed by atoms with van der Waals surface area (Å²) < 4.78 is 0. The van der Waals surface area contributed by atoms with E-state index in [1.165, 1.54) is 57.1 Å². The first-order chi connectivity index (χ1) is 9.88. The number of aromatic nitrogens is 2. The van der Waals surface area contributed by atoms with Gasteiger partial charge in [-0.1, -0.05) is 25.7 Å². The first kappa shape index (κ1) is 13.8. The standard InChI is InChI=1S/C16H26N4/c17-9-10-18-14-11-19-16(13-7-4-8-13)20-15(14)12-5-2-1-3-6-12/h11-13,18H,1-10,17H2. The maximum Gasteiger partial charge on any atom is 0.131 e. The fourth-order valence-electron chi connectivity index (χ4n) is 3.30. The molecule has 2 fully saturated rings. The van der Waals surface area contributed by atoms with E-state index in [0.717, 1.165) is 18.1 Å². The van der Waals surface area contributed by atoms with Crippen molar-refractivity contribution < 1.29 is 0 Å². The maximum absolute atomic E-state index is 5.61. The lowest BCUT2D eigenvalue weighted by atomic mass is 9.83. The van der Waals surface area contributed by atoms with Crippen LogP contribution in [-0.4, -0.2) is 23.1 Å². The summed E-state index contributed by atoms with van der Waals surface area (Å²) in [4.78, 5) is 9.55. The Balaban J connectivity index is 1.83. The van der Waals surface area contributed by atoms with E-state index in [1.54, 1.807) is 0 Å². The number of rotatable bonds is 5. The van der Waals surface area contributed by atoms with Crippen LogP contribution in [0, 0.1) is 0 Å². The molecule has 0 atom stereocenters. The number of nitrogens with one attached hydrogen (secondary N) is 1. The summed E-state index contributed by atoms with van der Waals surface area (Å²) in [5, 5.41) is 3.41. The van der Waals surface area contributed by atoms with Crippen LogP contribution >= 0.6 is 0 Å². The molecule has 110 valence electrons. The summed E-state index contributed by atoms with van der Waals surface area (Å²) >= 11 is 0. The normalized spacial score (nSPS) is 20.6. The molecule has 0 bridgehead atoms. The van der Waals surface area contributed by atoms with Gasteiger partial charge in [-0.05, 0) is 25.7 Å². The van der Waals surface area contributed by atoms with Crippen LogP contribution in [0.25, 0.3) is 0 Å². The average Bonchev–Trinajstić information content (AvgIpc) is 2.45. The van der Waals surface area contributed by atoms with Gasteiger partial charge in [0.15, 0.2) is 0 Å². The largest absolute Gasteiger partial charge is 0.381 e. The number of nitrogens with zero attached hydrogens (tertiary/aromatic N) is 2. The Labute approximate surface area is 121 Å². The van der Waals surface area contributed by atoms with Crippen molar-refractivity contribution in [1.29, 1.82) is 0 Å². The van der Waals surface area contributed by atoms with Crippen molar-refractivity contribution in [1.82, 2.24) is 9.97 Å². The second kappa shape index (κ2) is 6.53. The minimum absolute atomic E-state index is 0.612. The first-order valence-corrected chi connectivity index (χ1v) is 8.19. The van der Waals surface area contributed by atoms with Crippen LogP contribution in [-0.2, 0) is 0 Å². The third kappa shape index (κ3) is 2.95. The third-order valence-corrected chi connectivity index (χ3v) is 4.76. The molecule has 3 N–H and O–H groups in total. The molecule has 2 aliphatic rings. The van der Waals surface area contributed by atoms with Crippen LogP contribution in [0.2, 0.25) is 0 Å². The zero-order chi connectivity index (χ0) is 13.8. The molecule has 1 aromatic rings. The van der Waals surface area contributed by atoms with Crippen LogP contribution in [0.5, 0.6) is 0 Å². The van der Waals surface area contributed by atoms with Gasteiger partial charge < -0.3 is 11.1 Å². The molecule has 0 unspecified atom stereocenters. The minimum atomic E-state index is 0.612. The topological polar surface area (TPSA) is 63.8 Å². The molecule has 4 heteroatoms. The molecular weight excluding hydrogens is 248 g/mol. The first-order valence-electron chi connectivity index (χ1n) is 8.19. The SMILES string of the molecule is NCCNc1cnc(C2CCC2)nc1C1CCCCC1. The average molecular weight is 274 g/mol. The minimum Gasteiger partial charge on any atom is -0.381 e. The van der Waals surface area contributed by atoms with E-state index in [9.17, 15) is 0 Å². The van der Waals surface area contributed by atoms with Crippen molar-refractivity contribution in [2.45, 2.75) is 63.2 Å². The highest BCUT2D eigenvalue weighted by Gasteiger charge is 2.26. The molecule has 2 aliphatic carbocycles. The molecule has 0 spiro atoms. The summed E-state index contributed by atoms with van der Waals surface area (Å²) in [5.41, 5.74) is 7.99. The molecule has 0 amide bonds. The van der Waals surface area contributed by atoms with Crippen LogP contribution in [0.3, 0.4) is 0 Å². The lowest BCUT2D eigenvalue weighted by Crippen LogP contribution is -2.19. The summed E-state index contributed by atoms with van der Waals surface area (Å²) in [6.45, 7) is 1.44. The van der Waals surface area contributed by atoms with Crippen LogP contribution in [0.1, 0.15) is 74.7 Å². The molecule has 0 aromatic carbocycles. The second-order valence-electron chi connectivity index (χ2n) is 6.21. The molecule has 3 rings (SSSR count). The van der Waals surface area contributed by atoms with E-state index in [0.29, 0.717) is 18.4 Å². The zero-order valence-electron chi connectivity index (χ0n) is 12.3. The molecule has 2 saturated carbocycles. The van der Waals surface area contributed by atoms with E-state index in [1.807, 2.05) is 6.20 Å². The molecule has 0 radical (unpaired) electrons. The van der Waals surface area contributed by atoms with Gasteiger partial charge in [-0.2, -0.15) is 0 Å². The van der Waals surface area contributed by atoms with Gasteiger partial charge >= 0.3 is 0 Å². The van der Waals surface area contributed by atoms with Gasteiger partial charge in [-0.3, -0.25) is 0 Å². The van der Waals surface area contributed by atoms with Crippen molar-refractivity contribution in [2.75, 3.05) is 18.4 Å². The van der Waals surface area contributed by atoms with Crippen LogP contribution in [0.4, 0.5) is 5.69 Å². The molecular formula is C16H26N4. The van der Waals surface area contributed by atoms with E-state index < -0.39 is 0 Å². The number of nitrogens with two attached hydrogens (primary N) is 1. The monoisotopic (exact) mass is 274 g/mol. The predicted molar refractivity (Wildman–Crippen MR) is 82.0 cm³/mol. The van der Waals surface area contributed by atoms with Crippen LogP contribution < -0.4 is 11.1 Å². The summed E-state index contributed by atoms with van der Waals surface area (Å²) in [7, 11) is 0. The van der Waals surface area contributed by atoms with Gasteiger partial charge in [0.05, 0.1) is 17.6 Å². The lowest BCUT2D eigenvalue weighted by Gasteiger charge is -2.27. The van der Waals surface area contributed by atoms with E-state index in [4.69, 9.17) is 10.7 Å². The van der Waals surface area contributed by atoms with Crippen molar-refractivity contribution in [3.63, 3.8) is 0 Å². The highest BCUT2D eigenvalue weighted by atomic mass is 15.0. The van der Waals surface area contributed by atoms with Gasteiger partial charge in [-0.25, -0.2) is 9.97 Å². The Hall–Kier alpha value is -1.16. The predicted octanol–water partition coefficient (Wildman–Crippen LogP) is 3.16. The van der Waals surface area contributed by atoms with Gasteiger partial charge in [0.2, 0.25) is 0 Å². The van der Waals surface area contributed by atoms with Crippen molar-refractivity contribution >= 4 is 5.69 Å². The highest BCUT2D eigenvalue weighted by Crippen LogP contribution is 2.38. The number of anilines is 1. The fraction of sp³-hybridized carbons (Fsp3) is 0.750. The van der Waals surface area contributed by atoms with E-state index in [-0.39, 0.29) is 0 Å². The Morgan fingerprint density at radius 1 is 1.05 bits per heavy atom. The molecule has 4 nitrogen and oxygen atoms in total. The van der Waals surface area contributed by atoms with Gasteiger partial charge in [0.1, 0.15) is 5.82 Å². The Kier molecular flexibility index (Phi) is 4.51. The highest BCUT2D eigenvalue weighted by molar-refractivity contribution is 5.48. The van der Waals surface area contributed by atoms with E-state index in [2.05, 4.69) is 10.3 Å².